The highest BCUT2D eigenvalue weighted by Gasteiger charge is 2.22. The third kappa shape index (κ3) is 3.00. The number of hydrogen-bond donors (Lipinski definition) is 1. The fraction of sp³-hybridized carbons (Fsp3) is 0.538. The number of benzene rings is 1. The van der Waals surface area contributed by atoms with Gasteiger partial charge in [0.15, 0.2) is 0 Å². The lowest BCUT2D eigenvalue weighted by Gasteiger charge is -2.37. The number of nitrogens with two attached hydrogens (primary N) is 1. The van der Waals surface area contributed by atoms with E-state index in [9.17, 15) is 0 Å². The van der Waals surface area contributed by atoms with E-state index >= 15 is 0 Å². The van der Waals surface area contributed by atoms with Crippen molar-refractivity contribution >= 4 is 21.6 Å². The number of aryl methyl sites for hydroxylation is 1. The van der Waals surface area contributed by atoms with Crippen LogP contribution in [0.4, 0.5) is 5.69 Å². The summed E-state index contributed by atoms with van der Waals surface area (Å²) in [6.07, 6.45) is 3.67. The Bertz CT molecular complexity index is 382. The molecule has 1 saturated heterocycles. The van der Waals surface area contributed by atoms with Gasteiger partial charge in [0.1, 0.15) is 0 Å². The molecule has 2 N–H and O–H groups in total. The minimum absolute atomic E-state index is 0.411. The lowest BCUT2D eigenvalue weighted by Crippen LogP contribution is -2.43. The molecule has 1 aromatic carbocycles. The van der Waals surface area contributed by atoms with Gasteiger partial charge in [-0.2, -0.15) is 0 Å². The largest absolute Gasteiger partial charge is 0.366 e. The third-order valence-corrected chi connectivity index (χ3v) is 4.28. The molecule has 1 aliphatic heterocycles. The van der Waals surface area contributed by atoms with Crippen LogP contribution >= 0.6 is 15.9 Å². The molecule has 0 radical (unpaired) electrons. The van der Waals surface area contributed by atoms with Crippen LogP contribution in [0.3, 0.4) is 0 Å². The Hall–Kier alpha value is -0.580. The molecule has 2 rings (SSSR count). The van der Waals surface area contributed by atoms with E-state index < -0.39 is 0 Å². The SMILES string of the molecule is Cc1cc(N2CCCCC2CON)ccc1Br. The van der Waals surface area contributed by atoms with Crippen molar-refractivity contribution in [2.45, 2.75) is 32.2 Å². The maximum absolute atomic E-state index is 5.22. The first-order valence-electron chi connectivity index (χ1n) is 6.07. The normalized spacial score (nSPS) is 20.6. The standard InChI is InChI=1S/C13H19BrN2O/c1-10-8-11(5-6-13(10)14)16-7-3-2-4-12(16)9-17-15/h5-6,8,12H,2-4,7,9,15H2,1H3. The topological polar surface area (TPSA) is 38.5 Å². The van der Waals surface area contributed by atoms with Crippen LogP contribution in [0, 0.1) is 6.92 Å². The molecule has 1 heterocycles. The fourth-order valence-electron chi connectivity index (χ4n) is 2.43. The van der Waals surface area contributed by atoms with E-state index in [-0.39, 0.29) is 0 Å². The van der Waals surface area contributed by atoms with Gasteiger partial charge in [0.05, 0.1) is 12.6 Å². The number of hydrogen-bond acceptors (Lipinski definition) is 3. The van der Waals surface area contributed by atoms with Crippen molar-refractivity contribution in [3.8, 4) is 0 Å². The Balaban J connectivity index is 2.20. The van der Waals surface area contributed by atoms with Gasteiger partial charge in [-0.3, -0.25) is 0 Å². The molecule has 1 unspecified atom stereocenters. The predicted molar refractivity (Wildman–Crippen MR) is 74.0 cm³/mol. The summed E-state index contributed by atoms with van der Waals surface area (Å²) in [5.74, 6) is 5.22. The van der Waals surface area contributed by atoms with Crippen LogP contribution in [0.5, 0.6) is 0 Å². The summed E-state index contributed by atoms with van der Waals surface area (Å²) >= 11 is 3.54. The molecule has 0 aromatic heterocycles. The van der Waals surface area contributed by atoms with Gasteiger partial charge >= 0.3 is 0 Å². The number of halogens is 1. The molecule has 3 nitrogen and oxygen atoms in total. The summed E-state index contributed by atoms with van der Waals surface area (Å²) in [6, 6.07) is 6.90. The lowest BCUT2D eigenvalue weighted by molar-refractivity contribution is 0.114. The van der Waals surface area contributed by atoms with Gasteiger partial charge in [-0.05, 0) is 49.9 Å². The lowest BCUT2D eigenvalue weighted by atomic mass is 10.0. The number of piperidine rings is 1. The molecule has 94 valence electrons. The summed E-state index contributed by atoms with van der Waals surface area (Å²) in [7, 11) is 0. The molecule has 0 spiro atoms. The van der Waals surface area contributed by atoms with Crippen LogP contribution in [-0.2, 0) is 4.84 Å². The molecule has 0 amide bonds. The number of anilines is 1. The van der Waals surface area contributed by atoms with Gasteiger partial charge in [0.2, 0.25) is 0 Å². The Morgan fingerprint density at radius 1 is 1.47 bits per heavy atom. The molecular weight excluding hydrogens is 280 g/mol. The molecule has 4 heteroatoms. The summed E-state index contributed by atoms with van der Waals surface area (Å²) in [4.78, 5) is 7.25. The van der Waals surface area contributed by atoms with Crippen molar-refractivity contribution in [1.29, 1.82) is 0 Å². The smallest absolute Gasteiger partial charge is 0.0882 e. The highest BCUT2D eigenvalue weighted by molar-refractivity contribution is 9.10. The average Bonchev–Trinajstić information content (AvgIpc) is 2.34. The molecule has 17 heavy (non-hydrogen) atoms. The molecule has 1 atom stereocenters. The Morgan fingerprint density at radius 3 is 3.00 bits per heavy atom. The zero-order valence-corrected chi connectivity index (χ0v) is 11.7. The maximum Gasteiger partial charge on any atom is 0.0882 e. The van der Waals surface area contributed by atoms with E-state index in [2.05, 4.69) is 46.0 Å². The zero-order chi connectivity index (χ0) is 12.3. The first-order valence-corrected chi connectivity index (χ1v) is 6.86. The summed E-state index contributed by atoms with van der Waals surface area (Å²) < 4.78 is 1.16. The molecule has 1 aliphatic rings. The number of nitrogens with zero attached hydrogens (tertiary/aromatic N) is 1. The van der Waals surface area contributed by atoms with E-state index in [4.69, 9.17) is 10.7 Å². The Labute approximate surface area is 111 Å². The quantitative estimate of drug-likeness (QED) is 0.872. The van der Waals surface area contributed by atoms with Gasteiger partial charge in [-0.1, -0.05) is 15.9 Å². The highest BCUT2D eigenvalue weighted by Crippen LogP contribution is 2.28. The van der Waals surface area contributed by atoms with E-state index in [0.717, 1.165) is 17.4 Å². The third-order valence-electron chi connectivity index (χ3n) is 3.39. The van der Waals surface area contributed by atoms with Crippen LogP contribution in [0.1, 0.15) is 24.8 Å². The number of rotatable bonds is 3. The first-order chi connectivity index (χ1) is 8.22. The van der Waals surface area contributed by atoms with Crippen LogP contribution in [0.2, 0.25) is 0 Å². The molecule has 0 bridgehead atoms. The fourth-order valence-corrected chi connectivity index (χ4v) is 2.68. The van der Waals surface area contributed by atoms with E-state index in [0.29, 0.717) is 12.6 Å². The van der Waals surface area contributed by atoms with Gasteiger partial charge in [0.25, 0.3) is 0 Å². The van der Waals surface area contributed by atoms with Crippen LogP contribution < -0.4 is 10.8 Å². The Kier molecular flexibility index (Phi) is 4.42. The van der Waals surface area contributed by atoms with Crippen LogP contribution in [0.15, 0.2) is 22.7 Å². The van der Waals surface area contributed by atoms with Crippen molar-refractivity contribution < 1.29 is 4.84 Å². The van der Waals surface area contributed by atoms with E-state index in [1.54, 1.807) is 0 Å². The summed E-state index contributed by atoms with van der Waals surface area (Å²) in [6.45, 7) is 3.82. The van der Waals surface area contributed by atoms with Crippen molar-refractivity contribution in [3.05, 3.63) is 28.2 Å². The molecule has 0 saturated carbocycles. The van der Waals surface area contributed by atoms with Crippen molar-refractivity contribution in [2.24, 2.45) is 5.90 Å². The summed E-state index contributed by atoms with van der Waals surface area (Å²) in [5.41, 5.74) is 2.54. The zero-order valence-electron chi connectivity index (χ0n) is 10.2. The Morgan fingerprint density at radius 2 is 2.29 bits per heavy atom. The second kappa shape index (κ2) is 5.85. The molecule has 1 fully saturated rings. The van der Waals surface area contributed by atoms with Gasteiger partial charge in [-0.25, -0.2) is 5.90 Å². The molecule has 1 aromatic rings. The highest BCUT2D eigenvalue weighted by atomic mass is 79.9. The van der Waals surface area contributed by atoms with Crippen molar-refractivity contribution in [1.82, 2.24) is 0 Å². The molecule has 0 aliphatic carbocycles. The van der Waals surface area contributed by atoms with E-state index in [1.165, 1.54) is 24.1 Å². The second-order valence-corrected chi connectivity index (χ2v) is 5.46. The predicted octanol–water partition coefficient (Wildman–Crippen LogP) is 3.01. The minimum Gasteiger partial charge on any atom is -0.366 e. The van der Waals surface area contributed by atoms with Gasteiger partial charge < -0.3 is 9.74 Å². The van der Waals surface area contributed by atoms with Crippen molar-refractivity contribution in [2.75, 3.05) is 18.1 Å². The summed E-state index contributed by atoms with van der Waals surface area (Å²) in [5, 5.41) is 0. The molecular formula is C13H19BrN2O. The van der Waals surface area contributed by atoms with Crippen molar-refractivity contribution in [3.63, 3.8) is 0 Å². The average molecular weight is 299 g/mol. The first kappa shape index (κ1) is 12.9. The van der Waals surface area contributed by atoms with E-state index in [1.807, 2.05) is 0 Å². The second-order valence-electron chi connectivity index (χ2n) is 4.61. The monoisotopic (exact) mass is 298 g/mol. The maximum atomic E-state index is 5.22. The van der Waals surface area contributed by atoms with Crippen LogP contribution in [-0.4, -0.2) is 19.2 Å². The van der Waals surface area contributed by atoms with Gasteiger partial charge in [-0.15, -0.1) is 0 Å². The van der Waals surface area contributed by atoms with Crippen LogP contribution in [0.25, 0.3) is 0 Å². The minimum atomic E-state index is 0.411. The van der Waals surface area contributed by atoms with Gasteiger partial charge in [0, 0.05) is 16.7 Å².